The molecule has 0 atom stereocenters. The zero-order valence-corrected chi connectivity index (χ0v) is 21.0. The summed E-state index contributed by atoms with van der Waals surface area (Å²) in [5.41, 5.74) is 1.03. The van der Waals surface area contributed by atoms with Crippen molar-refractivity contribution in [3.8, 4) is 0 Å². The molecule has 8 heteroatoms. The Kier molecular flexibility index (Phi) is 9.80. The molecule has 1 amide bonds. The lowest BCUT2D eigenvalue weighted by molar-refractivity contribution is 0.0474. The number of fused-ring (bicyclic) bond motifs is 1. The molecule has 166 valence electrons. The fourth-order valence-corrected chi connectivity index (χ4v) is 2.73. The van der Waals surface area contributed by atoms with E-state index in [0.717, 1.165) is 23.0 Å². The monoisotopic (exact) mass is 527 g/mol. The lowest BCUT2D eigenvalue weighted by Gasteiger charge is -2.29. The number of alkyl carbamates (subject to hydrolysis) is 1. The van der Waals surface area contributed by atoms with Crippen molar-refractivity contribution < 1.29 is 9.53 Å². The van der Waals surface area contributed by atoms with Crippen LogP contribution in [0.2, 0.25) is 0 Å². The summed E-state index contributed by atoms with van der Waals surface area (Å²) in [6.07, 6.45) is 1.37. The number of nitrogens with one attached hydrogen (secondary N) is 3. The SMILES string of the molecule is CCNC(=NCc1ccnc2ccccc12)NCC(C)(C)NC(=O)OC(C)(C)C.I. The molecule has 0 radical (unpaired) electrons. The Bertz CT molecular complexity index is 857. The number of hydrogen-bond donors (Lipinski definition) is 3. The number of rotatable bonds is 6. The van der Waals surface area contributed by atoms with Crippen molar-refractivity contribution in [3.63, 3.8) is 0 Å². The molecular formula is C22H34IN5O2. The highest BCUT2D eigenvalue weighted by atomic mass is 127. The third-order valence-electron chi connectivity index (χ3n) is 4.03. The largest absolute Gasteiger partial charge is 0.444 e. The van der Waals surface area contributed by atoms with Crippen molar-refractivity contribution >= 4 is 46.9 Å². The second-order valence-corrected chi connectivity index (χ2v) is 8.55. The van der Waals surface area contributed by atoms with Crippen LogP contribution in [0.3, 0.4) is 0 Å². The van der Waals surface area contributed by atoms with Crippen LogP contribution < -0.4 is 16.0 Å². The first-order valence-corrected chi connectivity index (χ1v) is 9.95. The van der Waals surface area contributed by atoms with Gasteiger partial charge in [-0.15, -0.1) is 24.0 Å². The summed E-state index contributed by atoms with van der Waals surface area (Å²) in [5.74, 6) is 0.687. The van der Waals surface area contributed by atoms with Crippen LogP contribution in [0.5, 0.6) is 0 Å². The van der Waals surface area contributed by atoms with E-state index in [1.807, 2.05) is 65.8 Å². The molecule has 0 spiro atoms. The molecule has 3 N–H and O–H groups in total. The lowest BCUT2D eigenvalue weighted by Crippen LogP contribution is -2.54. The summed E-state index contributed by atoms with van der Waals surface area (Å²) < 4.78 is 5.34. The molecule has 0 aliphatic carbocycles. The van der Waals surface area contributed by atoms with Gasteiger partial charge in [0.25, 0.3) is 0 Å². The fourth-order valence-electron chi connectivity index (χ4n) is 2.73. The molecule has 30 heavy (non-hydrogen) atoms. The van der Waals surface area contributed by atoms with Gasteiger partial charge in [0, 0.05) is 24.7 Å². The van der Waals surface area contributed by atoms with Crippen molar-refractivity contribution in [1.82, 2.24) is 20.9 Å². The topological polar surface area (TPSA) is 87.6 Å². The highest BCUT2D eigenvalue weighted by Gasteiger charge is 2.24. The van der Waals surface area contributed by atoms with E-state index < -0.39 is 17.2 Å². The number of benzene rings is 1. The average molecular weight is 527 g/mol. The molecule has 0 bridgehead atoms. The standard InChI is InChI=1S/C22H33N5O2.HI/c1-7-23-19(26-15-22(5,6)27-20(28)29-21(2,3)4)25-14-16-12-13-24-18-11-9-8-10-17(16)18;/h8-13H,7,14-15H2,1-6H3,(H,27,28)(H2,23,25,26);1H. The maximum atomic E-state index is 12.1. The number of halogens is 1. The molecule has 7 nitrogen and oxygen atoms in total. The Balaban J connectivity index is 0.00000450. The summed E-state index contributed by atoms with van der Waals surface area (Å²) in [4.78, 5) is 21.2. The van der Waals surface area contributed by atoms with Crippen LogP contribution in [0.25, 0.3) is 10.9 Å². The van der Waals surface area contributed by atoms with E-state index in [-0.39, 0.29) is 24.0 Å². The van der Waals surface area contributed by atoms with E-state index in [1.54, 1.807) is 6.20 Å². The molecule has 2 rings (SSSR count). The Labute approximate surface area is 196 Å². The van der Waals surface area contributed by atoms with E-state index in [2.05, 4.69) is 27.0 Å². The first-order chi connectivity index (χ1) is 13.6. The number of ether oxygens (including phenoxy) is 1. The maximum Gasteiger partial charge on any atom is 0.408 e. The summed E-state index contributed by atoms with van der Waals surface area (Å²) in [6, 6.07) is 10.0. The highest BCUT2D eigenvalue weighted by molar-refractivity contribution is 14.0. The smallest absolute Gasteiger partial charge is 0.408 e. The van der Waals surface area contributed by atoms with E-state index in [0.29, 0.717) is 19.0 Å². The van der Waals surface area contributed by atoms with E-state index in [4.69, 9.17) is 9.73 Å². The minimum Gasteiger partial charge on any atom is -0.444 e. The van der Waals surface area contributed by atoms with Crippen molar-refractivity contribution in [1.29, 1.82) is 0 Å². The molecule has 1 heterocycles. The minimum atomic E-state index is -0.530. The molecule has 1 aromatic heterocycles. The maximum absolute atomic E-state index is 12.1. The first kappa shape index (κ1) is 25.9. The number of guanidine groups is 1. The zero-order valence-electron chi connectivity index (χ0n) is 18.7. The van der Waals surface area contributed by atoms with E-state index >= 15 is 0 Å². The molecule has 0 aliphatic heterocycles. The number of carbonyl (C=O) groups excluding carboxylic acids is 1. The number of hydrogen-bond acceptors (Lipinski definition) is 4. The normalized spacial score (nSPS) is 12.1. The third-order valence-corrected chi connectivity index (χ3v) is 4.03. The summed E-state index contributed by atoms with van der Waals surface area (Å²) >= 11 is 0. The Morgan fingerprint density at radius 2 is 1.80 bits per heavy atom. The predicted molar refractivity (Wildman–Crippen MR) is 133 cm³/mol. The minimum absolute atomic E-state index is 0. The van der Waals surface area contributed by atoms with Gasteiger partial charge in [-0.1, -0.05) is 18.2 Å². The van der Waals surface area contributed by atoms with E-state index in [9.17, 15) is 4.79 Å². The van der Waals surface area contributed by atoms with Crippen LogP contribution in [0.15, 0.2) is 41.5 Å². The molecule has 0 unspecified atom stereocenters. The average Bonchev–Trinajstić information content (AvgIpc) is 2.62. The van der Waals surface area contributed by atoms with Crippen LogP contribution >= 0.6 is 24.0 Å². The quantitative estimate of drug-likeness (QED) is 0.298. The van der Waals surface area contributed by atoms with Crippen LogP contribution in [0.4, 0.5) is 4.79 Å². The number of amides is 1. The summed E-state index contributed by atoms with van der Waals surface area (Å²) in [5, 5.41) is 10.5. The fraction of sp³-hybridized carbons (Fsp3) is 0.500. The van der Waals surface area contributed by atoms with Gasteiger partial charge < -0.3 is 20.7 Å². The van der Waals surface area contributed by atoms with Crippen LogP contribution in [0, 0.1) is 0 Å². The Morgan fingerprint density at radius 3 is 2.47 bits per heavy atom. The van der Waals surface area contributed by atoms with Gasteiger partial charge in [-0.25, -0.2) is 9.79 Å². The molecule has 0 fully saturated rings. The van der Waals surface area contributed by atoms with Gasteiger partial charge >= 0.3 is 6.09 Å². The van der Waals surface area contributed by atoms with Gasteiger partial charge in [-0.2, -0.15) is 0 Å². The molecule has 1 aromatic carbocycles. The summed E-state index contributed by atoms with van der Waals surface area (Å²) in [7, 11) is 0. The molecule has 0 aliphatic rings. The van der Waals surface area contributed by atoms with Crippen LogP contribution in [-0.4, -0.2) is 41.3 Å². The number of pyridine rings is 1. The van der Waals surface area contributed by atoms with Gasteiger partial charge in [0.1, 0.15) is 5.60 Å². The third kappa shape index (κ3) is 8.73. The van der Waals surface area contributed by atoms with Crippen molar-refractivity contribution in [2.75, 3.05) is 13.1 Å². The number of aromatic nitrogens is 1. The zero-order chi connectivity index (χ0) is 21.5. The first-order valence-electron chi connectivity index (χ1n) is 9.95. The van der Waals surface area contributed by atoms with Gasteiger partial charge in [-0.05, 0) is 59.2 Å². The number of nitrogens with zero attached hydrogens (tertiary/aromatic N) is 2. The lowest BCUT2D eigenvalue weighted by atomic mass is 10.1. The van der Waals surface area contributed by atoms with E-state index in [1.165, 1.54) is 0 Å². The molecule has 0 saturated heterocycles. The van der Waals surface area contributed by atoms with Gasteiger partial charge in [0.15, 0.2) is 5.96 Å². The second kappa shape index (κ2) is 11.3. The molecule has 0 saturated carbocycles. The Morgan fingerprint density at radius 1 is 1.10 bits per heavy atom. The number of carbonyl (C=O) groups is 1. The number of para-hydroxylation sites is 1. The van der Waals surface area contributed by atoms with Crippen LogP contribution in [-0.2, 0) is 11.3 Å². The second-order valence-electron chi connectivity index (χ2n) is 8.55. The summed E-state index contributed by atoms with van der Waals surface area (Å²) in [6.45, 7) is 13.2. The molecule has 2 aromatic rings. The van der Waals surface area contributed by atoms with Gasteiger partial charge in [0.2, 0.25) is 0 Å². The van der Waals surface area contributed by atoms with Gasteiger partial charge in [0.05, 0.1) is 17.6 Å². The molecular weight excluding hydrogens is 493 g/mol. The van der Waals surface area contributed by atoms with Crippen molar-refractivity contribution in [2.45, 2.75) is 59.2 Å². The Hall–Kier alpha value is -2.10. The van der Waals surface area contributed by atoms with Crippen molar-refractivity contribution in [3.05, 3.63) is 42.1 Å². The highest BCUT2D eigenvalue weighted by Crippen LogP contribution is 2.16. The van der Waals surface area contributed by atoms with Crippen molar-refractivity contribution in [2.24, 2.45) is 4.99 Å². The number of aliphatic imine (C=N–C) groups is 1. The van der Waals surface area contributed by atoms with Crippen LogP contribution in [0.1, 0.15) is 47.1 Å². The van der Waals surface area contributed by atoms with Gasteiger partial charge in [-0.3, -0.25) is 4.98 Å². The predicted octanol–water partition coefficient (Wildman–Crippen LogP) is 4.21.